The van der Waals surface area contributed by atoms with Crippen molar-refractivity contribution in [3.63, 3.8) is 0 Å². The summed E-state index contributed by atoms with van der Waals surface area (Å²) in [6.45, 7) is 3.95. The van der Waals surface area contributed by atoms with Gasteiger partial charge in [-0.1, -0.05) is 48.5 Å². The molecule has 0 aliphatic carbocycles. The summed E-state index contributed by atoms with van der Waals surface area (Å²) in [7, 11) is 2.18. The zero-order valence-corrected chi connectivity index (χ0v) is 12.9. The summed E-state index contributed by atoms with van der Waals surface area (Å²) >= 11 is 0. The molecule has 1 saturated heterocycles. The molecule has 0 bridgehead atoms. The molecule has 0 N–H and O–H groups in total. The standard InChI is InChI=1S/C19H21N3/c1-21-11-12-22(14-18-10-6-5-9-17(18)13-20)19(15-21)16-7-3-2-4-8-16/h2-10,19H,11-12,14-15H2,1H3. The minimum absolute atomic E-state index is 0.381. The summed E-state index contributed by atoms with van der Waals surface area (Å²) in [6.07, 6.45) is 0. The Hall–Kier alpha value is -2.15. The Balaban J connectivity index is 1.86. The van der Waals surface area contributed by atoms with Gasteiger partial charge in [0.05, 0.1) is 11.6 Å². The van der Waals surface area contributed by atoms with E-state index in [-0.39, 0.29) is 0 Å². The lowest BCUT2D eigenvalue weighted by Gasteiger charge is -2.40. The summed E-state index contributed by atoms with van der Waals surface area (Å²) in [5, 5.41) is 9.30. The Bertz CT molecular complexity index is 660. The van der Waals surface area contributed by atoms with E-state index < -0.39 is 0 Å². The highest BCUT2D eigenvalue weighted by molar-refractivity contribution is 5.37. The fourth-order valence-corrected chi connectivity index (χ4v) is 3.12. The third kappa shape index (κ3) is 3.19. The van der Waals surface area contributed by atoms with Crippen molar-refractivity contribution in [3.8, 4) is 6.07 Å². The van der Waals surface area contributed by atoms with Crippen molar-refractivity contribution >= 4 is 0 Å². The first-order chi connectivity index (χ1) is 10.8. The van der Waals surface area contributed by atoms with E-state index >= 15 is 0 Å². The molecule has 0 spiro atoms. The molecule has 2 aromatic rings. The van der Waals surface area contributed by atoms with Gasteiger partial charge in [0.15, 0.2) is 0 Å². The topological polar surface area (TPSA) is 30.3 Å². The molecule has 112 valence electrons. The second-order valence-corrected chi connectivity index (χ2v) is 5.93. The minimum atomic E-state index is 0.381. The summed E-state index contributed by atoms with van der Waals surface area (Å²) < 4.78 is 0. The van der Waals surface area contributed by atoms with Crippen LogP contribution in [0.5, 0.6) is 0 Å². The molecule has 1 heterocycles. The Morgan fingerprint density at radius 3 is 2.55 bits per heavy atom. The van der Waals surface area contributed by atoms with E-state index in [0.29, 0.717) is 6.04 Å². The van der Waals surface area contributed by atoms with Crippen LogP contribution >= 0.6 is 0 Å². The Morgan fingerprint density at radius 1 is 1.05 bits per heavy atom. The van der Waals surface area contributed by atoms with Crippen LogP contribution in [0.15, 0.2) is 54.6 Å². The van der Waals surface area contributed by atoms with Crippen molar-refractivity contribution < 1.29 is 0 Å². The molecule has 0 radical (unpaired) electrons. The zero-order valence-electron chi connectivity index (χ0n) is 12.9. The first kappa shape index (κ1) is 14.8. The molecule has 22 heavy (non-hydrogen) atoms. The van der Waals surface area contributed by atoms with Crippen molar-refractivity contribution in [2.24, 2.45) is 0 Å². The fraction of sp³-hybridized carbons (Fsp3) is 0.316. The number of likely N-dealkylation sites (N-methyl/N-ethyl adjacent to an activating group) is 1. The number of rotatable bonds is 3. The van der Waals surface area contributed by atoms with E-state index in [9.17, 15) is 5.26 Å². The van der Waals surface area contributed by atoms with Crippen molar-refractivity contribution in [3.05, 3.63) is 71.3 Å². The van der Waals surface area contributed by atoms with Crippen molar-refractivity contribution in [2.75, 3.05) is 26.7 Å². The first-order valence-corrected chi connectivity index (χ1v) is 7.73. The lowest BCUT2D eigenvalue weighted by atomic mass is 10.0. The van der Waals surface area contributed by atoms with Crippen LogP contribution in [-0.4, -0.2) is 36.5 Å². The smallest absolute Gasteiger partial charge is 0.0995 e. The molecule has 3 nitrogen and oxygen atoms in total. The molecule has 0 saturated carbocycles. The number of benzene rings is 2. The van der Waals surface area contributed by atoms with E-state index in [2.05, 4.69) is 59.3 Å². The molecule has 1 atom stereocenters. The van der Waals surface area contributed by atoms with Crippen LogP contribution in [0.4, 0.5) is 0 Å². The molecule has 1 unspecified atom stereocenters. The van der Waals surface area contributed by atoms with Crippen LogP contribution < -0.4 is 0 Å². The van der Waals surface area contributed by atoms with E-state index in [1.807, 2.05) is 18.2 Å². The summed E-state index contributed by atoms with van der Waals surface area (Å²) in [5.41, 5.74) is 3.26. The number of hydrogen-bond acceptors (Lipinski definition) is 3. The molecule has 2 aromatic carbocycles. The van der Waals surface area contributed by atoms with Crippen molar-refractivity contribution in [2.45, 2.75) is 12.6 Å². The van der Waals surface area contributed by atoms with Crippen LogP contribution in [0.25, 0.3) is 0 Å². The minimum Gasteiger partial charge on any atom is -0.303 e. The molecule has 0 aromatic heterocycles. The highest BCUT2D eigenvalue weighted by Gasteiger charge is 2.26. The summed E-state index contributed by atoms with van der Waals surface area (Å²) in [4.78, 5) is 4.87. The lowest BCUT2D eigenvalue weighted by Crippen LogP contribution is -2.46. The summed E-state index contributed by atoms with van der Waals surface area (Å²) in [6, 6.07) is 21.3. The largest absolute Gasteiger partial charge is 0.303 e. The number of hydrogen-bond donors (Lipinski definition) is 0. The predicted octanol–water partition coefficient (Wildman–Crippen LogP) is 3.05. The van der Waals surface area contributed by atoms with E-state index in [4.69, 9.17) is 0 Å². The third-order valence-corrected chi connectivity index (χ3v) is 4.39. The average molecular weight is 291 g/mol. The maximum atomic E-state index is 9.30. The molecule has 1 aliphatic rings. The SMILES string of the molecule is CN1CCN(Cc2ccccc2C#N)C(c2ccccc2)C1. The van der Waals surface area contributed by atoms with Crippen LogP contribution in [0, 0.1) is 11.3 Å². The van der Waals surface area contributed by atoms with E-state index in [1.54, 1.807) is 0 Å². The highest BCUT2D eigenvalue weighted by Crippen LogP contribution is 2.27. The predicted molar refractivity (Wildman–Crippen MR) is 88.2 cm³/mol. The molecular formula is C19H21N3. The van der Waals surface area contributed by atoms with Gasteiger partial charge in [-0.2, -0.15) is 5.26 Å². The van der Waals surface area contributed by atoms with Gasteiger partial charge in [-0.05, 0) is 24.2 Å². The van der Waals surface area contributed by atoms with Crippen LogP contribution in [-0.2, 0) is 6.54 Å². The Morgan fingerprint density at radius 2 is 1.77 bits per heavy atom. The normalized spacial score (nSPS) is 19.7. The molecule has 1 fully saturated rings. The van der Waals surface area contributed by atoms with Gasteiger partial charge in [0.2, 0.25) is 0 Å². The molecule has 1 aliphatic heterocycles. The monoisotopic (exact) mass is 291 g/mol. The maximum Gasteiger partial charge on any atom is 0.0995 e. The molecule has 3 rings (SSSR count). The number of piperazine rings is 1. The van der Waals surface area contributed by atoms with E-state index in [1.165, 1.54) is 5.56 Å². The van der Waals surface area contributed by atoms with Crippen LogP contribution in [0.2, 0.25) is 0 Å². The third-order valence-electron chi connectivity index (χ3n) is 4.39. The van der Waals surface area contributed by atoms with Gasteiger partial charge < -0.3 is 4.90 Å². The average Bonchev–Trinajstić information content (AvgIpc) is 2.58. The van der Waals surface area contributed by atoms with Crippen molar-refractivity contribution in [1.29, 1.82) is 5.26 Å². The van der Waals surface area contributed by atoms with Gasteiger partial charge in [0.25, 0.3) is 0 Å². The van der Waals surface area contributed by atoms with Gasteiger partial charge in [0, 0.05) is 32.2 Å². The summed E-state index contributed by atoms with van der Waals surface area (Å²) in [5.74, 6) is 0. The fourth-order valence-electron chi connectivity index (χ4n) is 3.12. The van der Waals surface area contributed by atoms with E-state index in [0.717, 1.165) is 37.3 Å². The first-order valence-electron chi connectivity index (χ1n) is 7.73. The van der Waals surface area contributed by atoms with Gasteiger partial charge in [-0.25, -0.2) is 0 Å². The number of nitrogens with zero attached hydrogens (tertiary/aromatic N) is 3. The lowest BCUT2D eigenvalue weighted by molar-refractivity contribution is 0.0833. The van der Waals surface area contributed by atoms with Crippen LogP contribution in [0.1, 0.15) is 22.7 Å². The van der Waals surface area contributed by atoms with Gasteiger partial charge in [0.1, 0.15) is 0 Å². The highest BCUT2D eigenvalue weighted by atomic mass is 15.3. The zero-order chi connectivity index (χ0) is 15.4. The van der Waals surface area contributed by atoms with Gasteiger partial charge >= 0.3 is 0 Å². The number of nitriles is 1. The second kappa shape index (κ2) is 6.74. The Kier molecular flexibility index (Phi) is 4.53. The molecule has 3 heteroatoms. The van der Waals surface area contributed by atoms with Gasteiger partial charge in [-0.15, -0.1) is 0 Å². The maximum absolute atomic E-state index is 9.30. The van der Waals surface area contributed by atoms with Crippen molar-refractivity contribution in [1.82, 2.24) is 9.80 Å². The second-order valence-electron chi connectivity index (χ2n) is 5.93. The quantitative estimate of drug-likeness (QED) is 0.870. The molecule has 0 amide bonds. The molecular weight excluding hydrogens is 270 g/mol. The Labute approximate surface area is 132 Å². The van der Waals surface area contributed by atoms with Crippen LogP contribution in [0.3, 0.4) is 0 Å². The van der Waals surface area contributed by atoms with Gasteiger partial charge in [-0.3, -0.25) is 4.90 Å².